The third-order valence-corrected chi connectivity index (χ3v) is 4.24. The average molecular weight is 246 g/mol. The zero-order chi connectivity index (χ0) is 12.4. The molecular weight excluding hydrogens is 224 g/mol. The molecule has 0 aromatic heterocycles. The average Bonchev–Trinajstić information content (AvgIpc) is 2.39. The van der Waals surface area contributed by atoms with E-state index in [4.69, 9.17) is 0 Å². The van der Waals surface area contributed by atoms with Crippen molar-refractivity contribution < 1.29 is 5.11 Å². The van der Waals surface area contributed by atoms with Crippen LogP contribution in [0.1, 0.15) is 24.8 Å². The molecular formula is C15H22N2O. The topological polar surface area (TPSA) is 26.7 Å². The Bertz CT molecular complexity index is 407. The third-order valence-electron chi connectivity index (χ3n) is 4.24. The van der Waals surface area contributed by atoms with Gasteiger partial charge < -0.3 is 5.11 Å². The maximum atomic E-state index is 9.50. The van der Waals surface area contributed by atoms with Crippen molar-refractivity contribution in [3.63, 3.8) is 0 Å². The molecule has 2 fully saturated rings. The minimum absolute atomic E-state index is 0.379. The second kappa shape index (κ2) is 5.29. The second-order valence-corrected chi connectivity index (χ2v) is 5.59. The van der Waals surface area contributed by atoms with E-state index >= 15 is 0 Å². The molecule has 1 unspecified atom stereocenters. The van der Waals surface area contributed by atoms with Crippen LogP contribution in [0.25, 0.3) is 0 Å². The highest BCUT2D eigenvalue weighted by Gasteiger charge is 2.28. The minimum atomic E-state index is 0.379. The lowest BCUT2D eigenvalue weighted by Crippen LogP contribution is -2.54. The van der Waals surface area contributed by atoms with Crippen LogP contribution in [0.2, 0.25) is 0 Å². The molecule has 0 amide bonds. The molecule has 2 aliphatic rings. The smallest absolute Gasteiger partial charge is 0.115 e. The number of benzene rings is 1. The quantitative estimate of drug-likeness (QED) is 0.865. The van der Waals surface area contributed by atoms with Crippen LogP contribution in [0.4, 0.5) is 0 Å². The van der Waals surface area contributed by atoms with Crippen LogP contribution in [0.5, 0.6) is 5.75 Å². The van der Waals surface area contributed by atoms with Crippen molar-refractivity contribution in [2.45, 2.75) is 31.8 Å². The molecule has 18 heavy (non-hydrogen) atoms. The van der Waals surface area contributed by atoms with Gasteiger partial charge in [0.2, 0.25) is 0 Å². The molecule has 2 aliphatic heterocycles. The Morgan fingerprint density at radius 1 is 1.17 bits per heavy atom. The summed E-state index contributed by atoms with van der Waals surface area (Å²) in [7, 11) is 0. The van der Waals surface area contributed by atoms with E-state index in [1.807, 2.05) is 12.1 Å². The van der Waals surface area contributed by atoms with Gasteiger partial charge in [-0.25, -0.2) is 0 Å². The van der Waals surface area contributed by atoms with Crippen molar-refractivity contribution in [3.8, 4) is 5.75 Å². The standard InChI is InChI=1S/C15H22N2O/c18-15-6-3-4-13(10-15)11-16-8-9-17-7-2-1-5-14(17)12-16/h3-4,6,10,14,18H,1-2,5,7-9,11-12H2. The molecule has 1 N–H and O–H groups in total. The number of nitrogens with zero attached hydrogens (tertiary/aromatic N) is 2. The number of aromatic hydroxyl groups is 1. The fourth-order valence-electron chi connectivity index (χ4n) is 3.28. The lowest BCUT2D eigenvalue weighted by molar-refractivity contribution is 0.0456. The first-order chi connectivity index (χ1) is 8.81. The number of hydrogen-bond donors (Lipinski definition) is 1. The van der Waals surface area contributed by atoms with Gasteiger partial charge in [0.1, 0.15) is 5.75 Å². The number of piperazine rings is 1. The zero-order valence-corrected chi connectivity index (χ0v) is 10.9. The van der Waals surface area contributed by atoms with Gasteiger partial charge in [0, 0.05) is 32.2 Å². The van der Waals surface area contributed by atoms with E-state index in [-0.39, 0.29) is 0 Å². The fourth-order valence-corrected chi connectivity index (χ4v) is 3.28. The van der Waals surface area contributed by atoms with E-state index < -0.39 is 0 Å². The molecule has 0 radical (unpaired) electrons. The first-order valence-corrected chi connectivity index (χ1v) is 7.05. The Morgan fingerprint density at radius 2 is 2.11 bits per heavy atom. The van der Waals surface area contributed by atoms with E-state index in [1.54, 1.807) is 6.07 Å². The van der Waals surface area contributed by atoms with Crippen molar-refractivity contribution in [1.82, 2.24) is 9.80 Å². The van der Waals surface area contributed by atoms with Gasteiger partial charge in [-0.05, 0) is 37.1 Å². The molecule has 1 aromatic carbocycles. The van der Waals surface area contributed by atoms with Crippen LogP contribution in [0.15, 0.2) is 24.3 Å². The van der Waals surface area contributed by atoms with E-state index in [1.165, 1.54) is 44.5 Å². The highest BCUT2D eigenvalue weighted by molar-refractivity contribution is 5.27. The summed E-state index contributed by atoms with van der Waals surface area (Å²) in [5.74, 6) is 0.379. The first kappa shape index (κ1) is 12.0. The predicted molar refractivity (Wildman–Crippen MR) is 72.6 cm³/mol. The van der Waals surface area contributed by atoms with Crippen molar-refractivity contribution in [2.75, 3.05) is 26.2 Å². The normalized spacial score (nSPS) is 25.9. The Labute approximate surface area is 109 Å². The van der Waals surface area contributed by atoms with Crippen LogP contribution < -0.4 is 0 Å². The summed E-state index contributed by atoms with van der Waals surface area (Å²) in [6, 6.07) is 8.43. The van der Waals surface area contributed by atoms with Crippen LogP contribution in [0.3, 0.4) is 0 Å². The number of hydrogen-bond acceptors (Lipinski definition) is 3. The maximum Gasteiger partial charge on any atom is 0.115 e. The zero-order valence-electron chi connectivity index (χ0n) is 10.9. The SMILES string of the molecule is Oc1cccc(CN2CCN3CCCCC3C2)c1. The van der Waals surface area contributed by atoms with Gasteiger partial charge >= 0.3 is 0 Å². The molecule has 2 saturated heterocycles. The van der Waals surface area contributed by atoms with Crippen LogP contribution >= 0.6 is 0 Å². The molecule has 1 aromatic rings. The largest absolute Gasteiger partial charge is 0.508 e. The molecule has 1 atom stereocenters. The predicted octanol–water partition coefficient (Wildman–Crippen LogP) is 2.06. The molecule has 0 aliphatic carbocycles. The van der Waals surface area contributed by atoms with Crippen molar-refractivity contribution >= 4 is 0 Å². The maximum absolute atomic E-state index is 9.50. The monoisotopic (exact) mass is 246 g/mol. The fraction of sp³-hybridized carbons (Fsp3) is 0.600. The third kappa shape index (κ3) is 2.68. The van der Waals surface area contributed by atoms with Gasteiger partial charge in [-0.1, -0.05) is 18.6 Å². The molecule has 3 heteroatoms. The molecule has 0 bridgehead atoms. The number of phenols is 1. The van der Waals surface area contributed by atoms with Gasteiger partial charge in [0.25, 0.3) is 0 Å². The van der Waals surface area contributed by atoms with Crippen LogP contribution in [0, 0.1) is 0 Å². The highest BCUT2D eigenvalue weighted by atomic mass is 16.3. The number of rotatable bonds is 2. The van der Waals surface area contributed by atoms with E-state index in [9.17, 15) is 5.11 Å². The first-order valence-electron chi connectivity index (χ1n) is 7.05. The summed E-state index contributed by atoms with van der Waals surface area (Å²) in [5, 5.41) is 9.50. The Morgan fingerprint density at radius 3 is 3.00 bits per heavy atom. The van der Waals surface area contributed by atoms with E-state index in [2.05, 4.69) is 15.9 Å². The van der Waals surface area contributed by atoms with Gasteiger partial charge in [-0.3, -0.25) is 9.80 Å². The van der Waals surface area contributed by atoms with E-state index in [0.29, 0.717) is 5.75 Å². The molecule has 2 heterocycles. The summed E-state index contributed by atoms with van der Waals surface area (Å²) >= 11 is 0. The van der Waals surface area contributed by atoms with Crippen LogP contribution in [-0.4, -0.2) is 47.1 Å². The van der Waals surface area contributed by atoms with Crippen molar-refractivity contribution in [1.29, 1.82) is 0 Å². The number of piperidine rings is 1. The van der Waals surface area contributed by atoms with Crippen molar-refractivity contribution in [3.05, 3.63) is 29.8 Å². The summed E-state index contributed by atoms with van der Waals surface area (Å²) in [5.41, 5.74) is 1.22. The Balaban J connectivity index is 1.61. The number of fused-ring (bicyclic) bond motifs is 1. The minimum Gasteiger partial charge on any atom is -0.508 e. The van der Waals surface area contributed by atoms with Gasteiger partial charge in [-0.2, -0.15) is 0 Å². The summed E-state index contributed by atoms with van der Waals surface area (Å²) in [6.45, 7) is 5.83. The van der Waals surface area contributed by atoms with Gasteiger partial charge in [0.05, 0.1) is 0 Å². The Kier molecular flexibility index (Phi) is 3.52. The summed E-state index contributed by atoms with van der Waals surface area (Å²) in [4.78, 5) is 5.18. The van der Waals surface area contributed by atoms with Crippen molar-refractivity contribution in [2.24, 2.45) is 0 Å². The molecule has 98 valence electrons. The molecule has 0 spiro atoms. The molecule has 3 nitrogen and oxygen atoms in total. The lowest BCUT2D eigenvalue weighted by Gasteiger charge is -2.44. The molecule has 3 rings (SSSR count). The van der Waals surface area contributed by atoms with E-state index in [0.717, 1.165) is 19.1 Å². The number of phenolic OH excluding ortho intramolecular Hbond substituents is 1. The molecule has 0 saturated carbocycles. The van der Waals surface area contributed by atoms with Gasteiger partial charge in [0.15, 0.2) is 0 Å². The highest BCUT2D eigenvalue weighted by Crippen LogP contribution is 2.22. The Hall–Kier alpha value is -1.06. The van der Waals surface area contributed by atoms with Crippen LogP contribution in [-0.2, 0) is 6.54 Å². The summed E-state index contributed by atoms with van der Waals surface area (Å²) < 4.78 is 0. The second-order valence-electron chi connectivity index (χ2n) is 5.59. The van der Waals surface area contributed by atoms with Gasteiger partial charge in [-0.15, -0.1) is 0 Å². The lowest BCUT2D eigenvalue weighted by atomic mass is 9.99. The summed E-state index contributed by atoms with van der Waals surface area (Å²) in [6.07, 6.45) is 4.13.